The zero-order valence-electron chi connectivity index (χ0n) is 11.6. The Kier molecular flexibility index (Phi) is 4.79. The lowest BCUT2D eigenvalue weighted by Gasteiger charge is -2.35. The van der Waals surface area contributed by atoms with Crippen LogP contribution < -0.4 is 5.32 Å². The van der Waals surface area contributed by atoms with E-state index < -0.39 is 0 Å². The fraction of sp³-hybridized carbons (Fsp3) is 0.692. The number of urea groups is 1. The largest absolute Gasteiger partial charge is 0.372 e. The number of aromatic nitrogens is 2. The maximum Gasteiger partial charge on any atom is 0.317 e. The van der Waals surface area contributed by atoms with Gasteiger partial charge in [-0.2, -0.15) is 0 Å². The van der Waals surface area contributed by atoms with E-state index in [1.807, 2.05) is 29.5 Å². The molecule has 0 aromatic carbocycles. The first-order chi connectivity index (χ1) is 9.15. The van der Waals surface area contributed by atoms with Crippen molar-refractivity contribution in [2.24, 2.45) is 0 Å². The number of hydrogen-bond acceptors (Lipinski definition) is 3. The lowest BCUT2D eigenvalue weighted by molar-refractivity contribution is -0.0545. The highest BCUT2D eigenvalue weighted by Gasteiger charge is 2.25. The van der Waals surface area contributed by atoms with E-state index in [1.165, 1.54) is 0 Å². The molecule has 0 radical (unpaired) electrons. The zero-order valence-corrected chi connectivity index (χ0v) is 11.6. The molecule has 2 amide bonds. The summed E-state index contributed by atoms with van der Waals surface area (Å²) in [6.45, 7) is 6.87. The van der Waals surface area contributed by atoms with E-state index in [4.69, 9.17) is 4.74 Å². The third-order valence-electron chi connectivity index (χ3n) is 3.14. The van der Waals surface area contributed by atoms with Crippen LogP contribution in [0.2, 0.25) is 0 Å². The number of carbonyl (C=O) groups is 1. The molecule has 0 aliphatic carbocycles. The summed E-state index contributed by atoms with van der Waals surface area (Å²) in [6.07, 6.45) is 6.59. The van der Waals surface area contributed by atoms with Gasteiger partial charge in [-0.25, -0.2) is 9.78 Å². The second kappa shape index (κ2) is 6.56. The van der Waals surface area contributed by atoms with Crippen LogP contribution in [0.4, 0.5) is 4.79 Å². The fourth-order valence-electron chi connectivity index (χ4n) is 2.33. The van der Waals surface area contributed by atoms with Crippen LogP contribution >= 0.6 is 0 Å². The summed E-state index contributed by atoms with van der Waals surface area (Å²) in [6, 6.07) is 0.00707. The summed E-state index contributed by atoms with van der Waals surface area (Å²) >= 11 is 0. The van der Waals surface area contributed by atoms with Gasteiger partial charge in [-0.15, -0.1) is 0 Å². The Labute approximate surface area is 113 Å². The highest BCUT2D eigenvalue weighted by Crippen LogP contribution is 2.10. The number of amides is 2. The van der Waals surface area contributed by atoms with Gasteiger partial charge in [0.1, 0.15) is 0 Å². The van der Waals surface area contributed by atoms with Crippen molar-refractivity contribution < 1.29 is 9.53 Å². The number of nitrogens with one attached hydrogen (secondary N) is 1. The van der Waals surface area contributed by atoms with Crippen molar-refractivity contribution >= 4 is 6.03 Å². The molecule has 19 heavy (non-hydrogen) atoms. The summed E-state index contributed by atoms with van der Waals surface area (Å²) in [5.41, 5.74) is 0. The van der Waals surface area contributed by atoms with Crippen LogP contribution in [0.5, 0.6) is 0 Å². The molecule has 1 aliphatic heterocycles. The van der Waals surface area contributed by atoms with Crippen molar-refractivity contribution in [3.8, 4) is 0 Å². The van der Waals surface area contributed by atoms with E-state index in [-0.39, 0.29) is 18.2 Å². The van der Waals surface area contributed by atoms with Crippen LogP contribution in [0.15, 0.2) is 18.7 Å². The van der Waals surface area contributed by atoms with Gasteiger partial charge in [0.05, 0.1) is 18.5 Å². The Morgan fingerprint density at radius 1 is 1.42 bits per heavy atom. The number of imidazole rings is 1. The monoisotopic (exact) mass is 266 g/mol. The number of rotatable bonds is 4. The SMILES string of the molecule is C[C@@H]1CN(C(=O)NCCCn2ccnc2)C[C@@H](C)O1. The van der Waals surface area contributed by atoms with E-state index in [0.29, 0.717) is 19.6 Å². The molecule has 0 spiro atoms. The third-order valence-corrected chi connectivity index (χ3v) is 3.14. The van der Waals surface area contributed by atoms with E-state index in [9.17, 15) is 4.79 Å². The minimum atomic E-state index is 0.00707. The number of ether oxygens (including phenoxy) is 1. The normalized spacial score (nSPS) is 23.4. The topological polar surface area (TPSA) is 59.4 Å². The summed E-state index contributed by atoms with van der Waals surface area (Å²) in [7, 11) is 0. The van der Waals surface area contributed by atoms with Crippen LogP contribution in [0.1, 0.15) is 20.3 Å². The zero-order chi connectivity index (χ0) is 13.7. The molecule has 1 saturated heterocycles. The molecule has 0 bridgehead atoms. The standard InChI is InChI=1S/C13H22N4O2/c1-11-8-17(9-12(2)19-11)13(18)15-4-3-6-16-7-5-14-10-16/h5,7,10-12H,3-4,6,8-9H2,1-2H3,(H,15,18)/t11-,12-/m1/s1. The fourth-order valence-corrected chi connectivity index (χ4v) is 2.33. The number of nitrogens with zero attached hydrogens (tertiary/aromatic N) is 3. The smallest absolute Gasteiger partial charge is 0.317 e. The molecule has 2 heterocycles. The number of hydrogen-bond donors (Lipinski definition) is 1. The van der Waals surface area contributed by atoms with E-state index >= 15 is 0 Å². The Bertz CT molecular complexity index is 383. The molecular formula is C13H22N4O2. The third kappa shape index (κ3) is 4.24. The van der Waals surface area contributed by atoms with Crippen molar-refractivity contribution in [1.82, 2.24) is 19.8 Å². The van der Waals surface area contributed by atoms with E-state index in [2.05, 4.69) is 10.3 Å². The first-order valence-electron chi connectivity index (χ1n) is 6.79. The van der Waals surface area contributed by atoms with Gasteiger partial charge in [0.2, 0.25) is 0 Å². The molecule has 1 N–H and O–H groups in total. The van der Waals surface area contributed by atoms with Crippen molar-refractivity contribution in [2.45, 2.75) is 39.0 Å². The van der Waals surface area contributed by atoms with Gasteiger partial charge in [0.25, 0.3) is 0 Å². The maximum absolute atomic E-state index is 12.0. The highest BCUT2D eigenvalue weighted by atomic mass is 16.5. The van der Waals surface area contributed by atoms with Gasteiger partial charge in [-0.3, -0.25) is 0 Å². The summed E-state index contributed by atoms with van der Waals surface area (Å²) < 4.78 is 7.61. The molecule has 0 saturated carbocycles. The quantitative estimate of drug-likeness (QED) is 0.830. The van der Waals surface area contributed by atoms with Gasteiger partial charge in [-0.1, -0.05) is 0 Å². The van der Waals surface area contributed by atoms with Gasteiger partial charge in [0, 0.05) is 38.6 Å². The summed E-state index contributed by atoms with van der Waals surface area (Å²) in [5, 5.41) is 2.95. The van der Waals surface area contributed by atoms with Crippen molar-refractivity contribution in [2.75, 3.05) is 19.6 Å². The molecular weight excluding hydrogens is 244 g/mol. The summed E-state index contributed by atoms with van der Waals surface area (Å²) in [5.74, 6) is 0. The van der Waals surface area contributed by atoms with E-state index in [0.717, 1.165) is 13.0 Å². The second-order valence-electron chi connectivity index (χ2n) is 5.05. The average molecular weight is 266 g/mol. The molecule has 1 fully saturated rings. The van der Waals surface area contributed by atoms with Crippen molar-refractivity contribution in [3.05, 3.63) is 18.7 Å². The first kappa shape index (κ1) is 13.9. The average Bonchev–Trinajstić information content (AvgIpc) is 2.86. The predicted octanol–water partition coefficient (Wildman–Crippen LogP) is 1.09. The molecule has 106 valence electrons. The van der Waals surface area contributed by atoms with Gasteiger partial charge in [0.15, 0.2) is 0 Å². The van der Waals surface area contributed by atoms with Crippen molar-refractivity contribution in [3.63, 3.8) is 0 Å². The molecule has 6 heteroatoms. The summed E-state index contributed by atoms with van der Waals surface area (Å²) in [4.78, 5) is 17.8. The molecule has 0 unspecified atom stereocenters. The van der Waals surface area contributed by atoms with Crippen molar-refractivity contribution in [1.29, 1.82) is 0 Å². The minimum Gasteiger partial charge on any atom is -0.372 e. The predicted molar refractivity (Wildman–Crippen MR) is 71.8 cm³/mol. The lowest BCUT2D eigenvalue weighted by Crippen LogP contribution is -2.51. The molecule has 2 rings (SSSR count). The highest BCUT2D eigenvalue weighted by molar-refractivity contribution is 5.74. The van der Waals surface area contributed by atoms with Crippen LogP contribution in [0, 0.1) is 0 Å². The lowest BCUT2D eigenvalue weighted by atomic mass is 10.2. The molecule has 1 aliphatic rings. The Balaban J connectivity index is 1.66. The Morgan fingerprint density at radius 3 is 2.79 bits per heavy atom. The first-order valence-corrected chi connectivity index (χ1v) is 6.79. The van der Waals surface area contributed by atoms with Gasteiger partial charge in [-0.05, 0) is 20.3 Å². The number of morpholine rings is 1. The van der Waals surface area contributed by atoms with Crippen LogP contribution in [-0.4, -0.2) is 52.3 Å². The van der Waals surface area contributed by atoms with Crippen LogP contribution in [0.25, 0.3) is 0 Å². The minimum absolute atomic E-state index is 0.00707. The molecule has 2 atom stereocenters. The number of aryl methyl sites for hydroxylation is 1. The van der Waals surface area contributed by atoms with Gasteiger partial charge < -0.3 is 19.5 Å². The number of carbonyl (C=O) groups excluding carboxylic acids is 1. The van der Waals surface area contributed by atoms with Gasteiger partial charge >= 0.3 is 6.03 Å². The second-order valence-corrected chi connectivity index (χ2v) is 5.05. The van der Waals surface area contributed by atoms with Crippen LogP contribution in [-0.2, 0) is 11.3 Å². The molecule has 1 aromatic heterocycles. The molecule has 1 aromatic rings. The van der Waals surface area contributed by atoms with E-state index in [1.54, 1.807) is 12.5 Å². The Morgan fingerprint density at radius 2 is 2.16 bits per heavy atom. The molecule has 6 nitrogen and oxygen atoms in total. The Hall–Kier alpha value is -1.56. The van der Waals surface area contributed by atoms with Crippen LogP contribution in [0.3, 0.4) is 0 Å². The maximum atomic E-state index is 12.0.